The molecule has 1 saturated heterocycles. The van der Waals surface area contributed by atoms with Crippen molar-refractivity contribution >= 4 is 5.91 Å². The third kappa shape index (κ3) is 6.51. The number of primary amides is 1. The second kappa shape index (κ2) is 6.82. The Balaban J connectivity index is 0.000000310. The molecule has 0 aromatic heterocycles. The molecule has 5 nitrogen and oxygen atoms in total. The van der Waals surface area contributed by atoms with Gasteiger partial charge in [0.25, 0.3) is 0 Å². The first-order valence-corrected chi connectivity index (χ1v) is 4.07. The first kappa shape index (κ1) is 12.3. The summed E-state index contributed by atoms with van der Waals surface area (Å²) in [5.74, 6) is -0.333. The van der Waals surface area contributed by atoms with Crippen LogP contribution in [0.1, 0.15) is 19.8 Å². The minimum Gasteiger partial charge on any atom is -0.370 e. The van der Waals surface area contributed by atoms with Crippen LogP contribution in [0.25, 0.3) is 0 Å². The molecule has 0 aromatic carbocycles. The van der Waals surface area contributed by atoms with Gasteiger partial charge in [-0.05, 0) is 0 Å². The highest BCUT2D eigenvalue weighted by atomic mass is 16.8. The van der Waals surface area contributed by atoms with Gasteiger partial charge < -0.3 is 19.9 Å². The van der Waals surface area contributed by atoms with Gasteiger partial charge >= 0.3 is 0 Å². The number of carbonyl (C=O) groups excluding carboxylic acids is 1. The van der Waals surface area contributed by atoms with Crippen molar-refractivity contribution in [1.82, 2.24) is 0 Å². The molecule has 0 spiro atoms. The van der Waals surface area contributed by atoms with Crippen LogP contribution in [-0.4, -0.2) is 32.7 Å². The van der Waals surface area contributed by atoms with Gasteiger partial charge in [-0.2, -0.15) is 0 Å². The zero-order chi connectivity index (χ0) is 10.3. The first-order valence-electron chi connectivity index (χ1n) is 4.07. The molecule has 5 heteroatoms. The van der Waals surface area contributed by atoms with Gasteiger partial charge in [0.1, 0.15) is 0 Å². The summed E-state index contributed by atoms with van der Waals surface area (Å²) < 4.78 is 15.1. The van der Waals surface area contributed by atoms with E-state index in [1.54, 1.807) is 14.2 Å². The normalized spacial score (nSPS) is 26.4. The lowest BCUT2D eigenvalue weighted by atomic mass is 10.3. The lowest BCUT2D eigenvalue weighted by molar-refractivity contribution is -0.185. The van der Waals surface area contributed by atoms with E-state index >= 15 is 0 Å². The molecular weight excluding hydrogens is 174 g/mol. The summed E-state index contributed by atoms with van der Waals surface area (Å²) >= 11 is 0. The van der Waals surface area contributed by atoms with E-state index in [9.17, 15) is 4.79 Å². The standard InChI is InChI=1S/C6H12O3.C2H5NO/c1-7-5-3-4-6(8-2)9-5;1-2(3)4/h5-6H,3-4H2,1-2H3;1H3,(H2,3,4). The van der Waals surface area contributed by atoms with E-state index in [-0.39, 0.29) is 18.5 Å². The van der Waals surface area contributed by atoms with E-state index in [1.165, 1.54) is 6.92 Å². The van der Waals surface area contributed by atoms with E-state index in [0.717, 1.165) is 12.8 Å². The lowest BCUT2D eigenvalue weighted by Gasteiger charge is -2.09. The molecule has 0 radical (unpaired) electrons. The van der Waals surface area contributed by atoms with Crippen molar-refractivity contribution in [3.05, 3.63) is 0 Å². The molecule has 1 aliphatic rings. The van der Waals surface area contributed by atoms with E-state index in [4.69, 9.17) is 14.2 Å². The number of nitrogens with two attached hydrogens (primary N) is 1. The van der Waals surface area contributed by atoms with Crippen molar-refractivity contribution in [2.24, 2.45) is 5.73 Å². The predicted molar refractivity (Wildman–Crippen MR) is 46.8 cm³/mol. The van der Waals surface area contributed by atoms with Crippen LogP contribution in [0.2, 0.25) is 0 Å². The molecule has 1 amide bonds. The molecule has 0 saturated carbocycles. The Kier molecular flexibility index (Phi) is 6.48. The van der Waals surface area contributed by atoms with E-state index < -0.39 is 0 Å². The van der Waals surface area contributed by atoms with Crippen molar-refractivity contribution in [1.29, 1.82) is 0 Å². The van der Waals surface area contributed by atoms with E-state index in [2.05, 4.69) is 5.73 Å². The van der Waals surface area contributed by atoms with Gasteiger partial charge in [-0.25, -0.2) is 0 Å². The quantitative estimate of drug-likeness (QED) is 0.678. The van der Waals surface area contributed by atoms with Crippen LogP contribution in [0.5, 0.6) is 0 Å². The van der Waals surface area contributed by atoms with Crippen molar-refractivity contribution < 1.29 is 19.0 Å². The van der Waals surface area contributed by atoms with Gasteiger partial charge in [-0.15, -0.1) is 0 Å². The maximum Gasteiger partial charge on any atom is 0.214 e. The summed E-state index contributed by atoms with van der Waals surface area (Å²) in [6.45, 7) is 1.31. The van der Waals surface area contributed by atoms with Crippen LogP contribution < -0.4 is 5.73 Å². The van der Waals surface area contributed by atoms with Gasteiger partial charge in [0, 0.05) is 34.0 Å². The molecular formula is C8H17NO4. The summed E-state index contributed by atoms with van der Waals surface area (Å²) in [7, 11) is 3.28. The Morgan fingerprint density at radius 2 is 1.62 bits per heavy atom. The van der Waals surface area contributed by atoms with Crippen LogP contribution in [0.15, 0.2) is 0 Å². The fraction of sp³-hybridized carbons (Fsp3) is 0.875. The Morgan fingerprint density at radius 3 is 1.77 bits per heavy atom. The highest BCUT2D eigenvalue weighted by Crippen LogP contribution is 2.19. The van der Waals surface area contributed by atoms with Crippen LogP contribution >= 0.6 is 0 Å². The Morgan fingerprint density at radius 1 is 1.31 bits per heavy atom. The fourth-order valence-electron chi connectivity index (χ4n) is 0.924. The average Bonchev–Trinajstić information content (AvgIpc) is 2.50. The molecule has 0 bridgehead atoms. The summed E-state index contributed by atoms with van der Waals surface area (Å²) in [5, 5.41) is 0. The summed E-state index contributed by atoms with van der Waals surface area (Å²) in [6, 6.07) is 0. The van der Waals surface area contributed by atoms with Crippen molar-refractivity contribution in [2.45, 2.75) is 32.3 Å². The molecule has 2 atom stereocenters. The second-order valence-corrected chi connectivity index (χ2v) is 2.65. The van der Waals surface area contributed by atoms with Crippen molar-refractivity contribution in [3.8, 4) is 0 Å². The minimum atomic E-state index is -0.333. The Labute approximate surface area is 78.1 Å². The molecule has 1 heterocycles. The molecule has 13 heavy (non-hydrogen) atoms. The third-order valence-electron chi connectivity index (χ3n) is 1.47. The molecule has 1 rings (SSSR count). The van der Waals surface area contributed by atoms with Crippen LogP contribution in [0.4, 0.5) is 0 Å². The number of ether oxygens (including phenoxy) is 3. The summed E-state index contributed by atoms with van der Waals surface area (Å²) in [5.41, 5.74) is 4.47. The third-order valence-corrected chi connectivity index (χ3v) is 1.47. The highest BCUT2D eigenvalue weighted by Gasteiger charge is 2.23. The molecule has 2 unspecified atom stereocenters. The second-order valence-electron chi connectivity index (χ2n) is 2.65. The fourth-order valence-corrected chi connectivity index (χ4v) is 0.924. The first-order chi connectivity index (χ1) is 6.10. The maximum absolute atomic E-state index is 9.22. The molecule has 2 N–H and O–H groups in total. The van der Waals surface area contributed by atoms with Crippen molar-refractivity contribution in [2.75, 3.05) is 14.2 Å². The Bertz CT molecular complexity index is 137. The monoisotopic (exact) mass is 191 g/mol. The predicted octanol–water partition coefficient (Wildman–Crippen LogP) is 0.233. The number of hydrogen-bond donors (Lipinski definition) is 1. The van der Waals surface area contributed by atoms with Crippen LogP contribution in [-0.2, 0) is 19.0 Å². The largest absolute Gasteiger partial charge is 0.370 e. The average molecular weight is 191 g/mol. The maximum atomic E-state index is 9.22. The molecule has 0 aromatic rings. The van der Waals surface area contributed by atoms with Gasteiger partial charge in [0.05, 0.1) is 0 Å². The smallest absolute Gasteiger partial charge is 0.214 e. The SMILES string of the molecule is CC(N)=O.COC1CCC(OC)O1. The summed E-state index contributed by atoms with van der Waals surface area (Å²) in [4.78, 5) is 9.22. The molecule has 1 fully saturated rings. The van der Waals surface area contributed by atoms with Gasteiger partial charge in [0.15, 0.2) is 12.6 Å². The number of methoxy groups -OCH3 is 2. The van der Waals surface area contributed by atoms with Crippen molar-refractivity contribution in [3.63, 3.8) is 0 Å². The number of hydrogen-bond acceptors (Lipinski definition) is 4. The number of rotatable bonds is 2. The molecule has 0 aliphatic carbocycles. The van der Waals surface area contributed by atoms with Gasteiger partial charge in [0.2, 0.25) is 5.91 Å². The topological polar surface area (TPSA) is 70.8 Å². The lowest BCUT2D eigenvalue weighted by Crippen LogP contribution is -2.13. The number of carbonyl (C=O) groups is 1. The number of amides is 1. The minimum absolute atomic E-state index is 0.0463. The zero-order valence-corrected chi connectivity index (χ0v) is 8.28. The Hall–Kier alpha value is -0.650. The van der Waals surface area contributed by atoms with E-state index in [0.29, 0.717) is 0 Å². The van der Waals surface area contributed by atoms with Gasteiger partial charge in [-0.1, -0.05) is 0 Å². The molecule has 1 aliphatic heterocycles. The zero-order valence-electron chi connectivity index (χ0n) is 8.28. The van der Waals surface area contributed by atoms with Crippen LogP contribution in [0, 0.1) is 0 Å². The summed E-state index contributed by atoms with van der Waals surface area (Å²) in [6.07, 6.45) is 1.79. The highest BCUT2D eigenvalue weighted by molar-refractivity contribution is 5.70. The van der Waals surface area contributed by atoms with Gasteiger partial charge in [-0.3, -0.25) is 4.79 Å². The van der Waals surface area contributed by atoms with E-state index in [1.807, 2.05) is 0 Å². The van der Waals surface area contributed by atoms with Crippen LogP contribution in [0.3, 0.4) is 0 Å². The molecule has 78 valence electrons.